The fourth-order valence-corrected chi connectivity index (χ4v) is 3.54. The first kappa shape index (κ1) is 15.3. The minimum absolute atomic E-state index is 0.115. The predicted molar refractivity (Wildman–Crippen MR) is 80.9 cm³/mol. The van der Waals surface area contributed by atoms with Gasteiger partial charge in [0.2, 0.25) is 0 Å². The number of anilines is 1. The lowest BCUT2D eigenvalue weighted by Crippen LogP contribution is -2.38. The zero-order chi connectivity index (χ0) is 14.6. The summed E-state index contributed by atoms with van der Waals surface area (Å²) in [7, 11) is -3.15. The van der Waals surface area contributed by atoms with E-state index in [2.05, 4.69) is 4.90 Å². The van der Waals surface area contributed by atoms with Crippen LogP contribution < -0.4 is 4.90 Å². The molecule has 0 atom stereocenters. The molecule has 0 unspecified atom stereocenters. The van der Waals surface area contributed by atoms with Gasteiger partial charge in [0.15, 0.2) is 9.84 Å². The molecule has 20 heavy (non-hydrogen) atoms. The van der Waals surface area contributed by atoms with Crippen molar-refractivity contribution in [3.8, 4) is 0 Å². The number of hydrogen-bond donors (Lipinski definition) is 1. The Hall–Kier alpha value is -1.07. The zero-order valence-electron chi connectivity index (χ0n) is 12.0. The van der Waals surface area contributed by atoms with Crippen LogP contribution in [-0.4, -0.2) is 39.0 Å². The number of hydrogen-bond acceptors (Lipinski definition) is 4. The summed E-state index contributed by atoms with van der Waals surface area (Å²) in [5.41, 5.74) is 0.998. The smallest absolute Gasteiger partial charge is 0.175 e. The highest BCUT2D eigenvalue weighted by atomic mass is 32.2. The van der Waals surface area contributed by atoms with Crippen molar-refractivity contribution in [3.05, 3.63) is 24.3 Å². The van der Waals surface area contributed by atoms with Gasteiger partial charge in [-0.2, -0.15) is 0 Å². The predicted octanol–water partition coefficient (Wildman–Crippen LogP) is 2.22. The van der Waals surface area contributed by atoms with Gasteiger partial charge in [-0.25, -0.2) is 8.42 Å². The Kier molecular flexibility index (Phi) is 5.05. The lowest BCUT2D eigenvalue weighted by Gasteiger charge is -2.36. The molecule has 0 radical (unpaired) electrons. The van der Waals surface area contributed by atoms with Gasteiger partial charge in [0.05, 0.1) is 11.5 Å². The molecule has 0 aliphatic heterocycles. The largest absolute Gasteiger partial charge is 0.395 e. The number of sulfone groups is 1. The van der Waals surface area contributed by atoms with Gasteiger partial charge in [0.25, 0.3) is 0 Å². The minimum Gasteiger partial charge on any atom is -0.395 e. The molecule has 5 heteroatoms. The van der Waals surface area contributed by atoms with Crippen molar-refractivity contribution in [2.45, 2.75) is 43.0 Å². The molecule has 0 saturated heterocycles. The van der Waals surface area contributed by atoms with Crippen LogP contribution in [0.4, 0.5) is 5.69 Å². The molecule has 0 spiro atoms. The third-order valence-electron chi connectivity index (χ3n) is 3.95. The maximum absolute atomic E-state index is 11.5. The minimum atomic E-state index is -3.15. The van der Waals surface area contributed by atoms with Crippen LogP contribution in [0.15, 0.2) is 29.2 Å². The first-order valence-corrected chi connectivity index (χ1v) is 9.09. The van der Waals surface area contributed by atoms with Crippen LogP contribution >= 0.6 is 0 Å². The number of benzene rings is 1. The molecule has 0 heterocycles. The van der Waals surface area contributed by atoms with Crippen LogP contribution in [0, 0.1) is 0 Å². The van der Waals surface area contributed by atoms with Crippen LogP contribution in [0.5, 0.6) is 0 Å². The van der Waals surface area contributed by atoms with E-state index >= 15 is 0 Å². The Bertz CT molecular complexity index is 519. The summed E-state index contributed by atoms with van der Waals surface area (Å²) in [5.74, 6) is 0. The highest BCUT2D eigenvalue weighted by Gasteiger charge is 2.21. The molecule has 4 nitrogen and oxygen atoms in total. The van der Waals surface area contributed by atoms with Crippen LogP contribution in [0.1, 0.15) is 32.1 Å². The number of aliphatic hydroxyl groups excluding tert-OH is 1. The van der Waals surface area contributed by atoms with Gasteiger partial charge in [-0.15, -0.1) is 0 Å². The van der Waals surface area contributed by atoms with Gasteiger partial charge in [0, 0.05) is 24.5 Å². The third-order valence-corrected chi connectivity index (χ3v) is 5.08. The summed E-state index contributed by atoms with van der Waals surface area (Å²) >= 11 is 0. The third kappa shape index (κ3) is 3.73. The number of rotatable bonds is 5. The van der Waals surface area contributed by atoms with Crippen LogP contribution in [0.25, 0.3) is 0 Å². The Morgan fingerprint density at radius 2 is 1.75 bits per heavy atom. The SMILES string of the molecule is CS(=O)(=O)c1ccc(N(CCO)C2CCCCC2)cc1. The van der Waals surface area contributed by atoms with E-state index < -0.39 is 9.84 Å². The maximum Gasteiger partial charge on any atom is 0.175 e. The molecule has 1 N–H and O–H groups in total. The lowest BCUT2D eigenvalue weighted by molar-refractivity contribution is 0.290. The first-order valence-electron chi connectivity index (χ1n) is 7.20. The molecule has 1 aromatic rings. The van der Waals surface area contributed by atoms with Gasteiger partial charge >= 0.3 is 0 Å². The molecule has 112 valence electrons. The standard InChI is InChI=1S/C15H23NO3S/c1-20(18,19)15-9-7-14(8-10-15)16(11-12-17)13-5-3-2-4-6-13/h7-10,13,17H,2-6,11-12H2,1H3. The summed E-state index contributed by atoms with van der Waals surface area (Å²) in [4.78, 5) is 2.56. The van der Waals surface area contributed by atoms with Crippen LogP contribution in [0.3, 0.4) is 0 Å². The average Bonchev–Trinajstić information content (AvgIpc) is 2.45. The Morgan fingerprint density at radius 1 is 1.15 bits per heavy atom. The van der Waals surface area contributed by atoms with Crippen molar-refractivity contribution in [2.75, 3.05) is 24.3 Å². The molecule has 0 bridgehead atoms. The van der Waals surface area contributed by atoms with Gasteiger partial charge in [-0.3, -0.25) is 0 Å². The molecule has 0 aromatic heterocycles. The second kappa shape index (κ2) is 6.59. The molecular formula is C15H23NO3S. The molecule has 1 aromatic carbocycles. The van der Waals surface area contributed by atoms with E-state index in [1.54, 1.807) is 12.1 Å². The Morgan fingerprint density at radius 3 is 2.25 bits per heavy atom. The van der Waals surface area contributed by atoms with Crippen molar-refractivity contribution in [2.24, 2.45) is 0 Å². The molecule has 1 saturated carbocycles. The van der Waals surface area contributed by atoms with E-state index in [0.29, 0.717) is 17.5 Å². The van der Waals surface area contributed by atoms with E-state index in [1.807, 2.05) is 12.1 Å². The summed E-state index contributed by atoms with van der Waals surface area (Å²) < 4.78 is 23.0. The monoisotopic (exact) mass is 297 g/mol. The Balaban J connectivity index is 2.20. The zero-order valence-corrected chi connectivity index (χ0v) is 12.8. The van der Waals surface area contributed by atoms with Gasteiger partial charge < -0.3 is 10.0 Å². The summed E-state index contributed by atoms with van der Waals surface area (Å²) in [6, 6.07) is 7.46. The average molecular weight is 297 g/mol. The Labute approximate surface area is 121 Å². The first-order chi connectivity index (χ1) is 9.52. The van der Waals surface area contributed by atoms with Gasteiger partial charge in [0.1, 0.15) is 0 Å². The second-order valence-corrected chi connectivity index (χ2v) is 7.49. The summed E-state index contributed by atoms with van der Waals surface area (Å²) in [6.07, 6.45) is 7.26. The van der Waals surface area contributed by atoms with E-state index in [-0.39, 0.29) is 6.61 Å². The van der Waals surface area contributed by atoms with Crippen molar-refractivity contribution < 1.29 is 13.5 Å². The summed E-state index contributed by atoms with van der Waals surface area (Å²) in [6.45, 7) is 0.715. The molecule has 2 rings (SSSR count). The quantitative estimate of drug-likeness (QED) is 0.905. The molecule has 1 aliphatic carbocycles. The highest BCUT2D eigenvalue weighted by molar-refractivity contribution is 7.90. The van der Waals surface area contributed by atoms with E-state index in [4.69, 9.17) is 0 Å². The fraction of sp³-hybridized carbons (Fsp3) is 0.600. The number of nitrogens with zero attached hydrogens (tertiary/aromatic N) is 1. The normalized spacial score (nSPS) is 17.1. The van der Waals surface area contributed by atoms with Gasteiger partial charge in [-0.1, -0.05) is 19.3 Å². The van der Waals surface area contributed by atoms with Crippen molar-refractivity contribution in [1.82, 2.24) is 0 Å². The van der Waals surface area contributed by atoms with Gasteiger partial charge in [-0.05, 0) is 37.1 Å². The summed E-state index contributed by atoms with van der Waals surface area (Å²) in [5, 5.41) is 9.27. The van der Waals surface area contributed by atoms with Crippen LogP contribution in [-0.2, 0) is 9.84 Å². The molecule has 0 amide bonds. The van der Waals surface area contributed by atoms with Crippen molar-refractivity contribution in [1.29, 1.82) is 0 Å². The highest BCUT2D eigenvalue weighted by Crippen LogP contribution is 2.27. The van der Waals surface area contributed by atoms with E-state index in [1.165, 1.54) is 25.5 Å². The maximum atomic E-state index is 11.5. The molecule has 1 fully saturated rings. The fourth-order valence-electron chi connectivity index (χ4n) is 2.91. The topological polar surface area (TPSA) is 57.6 Å². The van der Waals surface area contributed by atoms with E-state index in [0.717, 1.165) is 18.5 Å². The van der Waals surface area contributed by atoms with Crippen molar-refractivity contribution >= 4 is 15.5 Å². The molecule has 1 aliphatic rings. The molecular weight excluding hydrogens is 274 g/mol. The second-order valence-electron chi connectivity index (χ2n) is 5.47. The van der Waals surface area contributed by atoms with Crippen molar-refractivity contribution in [3.63, 3.8) is 0 Å². The van der Waals surface area contributed by atoms with E-state index in [9.17, 15) is 13.5 Å². The number of aliphatic hydroxyl groups is 1. The lowest BCUT2D eigenvalue weighted by atomic mass is 9.94. The van der Waals surface area contributed by atoms with Crippen LogP contribution in [0.2, 0.25) is 0 Å².